The van der Waals surface area contributed by atoms with E-state index in [9.17, 15) is 9.59 Å². The summed E-state index contributed by atoms with van der Waals surface area (Å²) in [5.41, 5.74) is 0.780. The Balaban J connectivity index is 1.86. The van der Waals surface area contributed by atoms with Crippen molar-refractivity contribution >= 4 is 11.8 Å². The summed E-state index contributed by atoms with van der Waals surface area (Å²) in [5, 5.41) is 5.77. The van der Waals surface area contributed by atoms with Crippen molar-refractivity contribution in [3.63, 3.8) is 0 Å². The van der Waals surface area contributed by atoms with Gasteiger partial charge in [-0.15, -0.1) is 0 Å². The van der Waals surface area contributed by atoms with Gasteiger partial charge in [0, 0.05) is 24.2 Å². The molecule has 0 bridgehead atoms. The van der Waals surface area contributed by atoms with Crippen LogP contribution in [0.3, 0.4) is 0 Å². The lowest BCUT2D eigenvalue weighted by Crippen LogP contribution is -3.11. The zero-order valence-electron chi connectivity index (χ0n) is 15.8. The van der Waals surface area contributed by atoms with Crippen LogP contribution in [0.1, 0.15) is 18.4 Å². The molecule has 0 radical (unpaired) electrons. The molecule has 1 aliphatic carbocycles. The smallest absolute Gasteiger partial charge is 0.275 e. The number of hydrogen-bond acceptors (Lipinski definition) is 5. The number of carbonyl (C=O) groups excluding carboxylic acids is 2. The fourth-order valence-corrected chi connectivity index (χ4v) is 2.60. The number of rotatable bonds is 10. The van der Waals surface area contributed by atoms with Crippen molar-refractivity contribution in [3.8, 4) is 17.2 Å². The Morgan fingerprint density at radius 1 is 1.00 bits per heavy atom. The van der Waals surface area contributed by atoms with E-state index in [1.54, 1.807) is 33.5 Å². The van der Waals surface area contributed by atoms with Crippen LogP contribution in [0.4, 0.5) is 0 Å². The van der Waals surface area contributed by atoms with Crippen molar-refractivity contribution in [2.45, 2.75) is 25.4 Å². The molecule has 8 heteroatoms. The fourth-order valence-electron chi connectivity index (χ4n) is 2.60. The summed E-state index contributed by atoms with van der Waals surface area (Å²) in [7, 11) is 6.49. The maximum absolute atomic E-state index is 12.2. The highest BCUT2D eigenvalue weighted by molar-refractivity contribution is 5.79. The summed E-state index contributed by atoms with van der Waals surface area (Å²) in [6.45, 7) is 0.793. The van der Waals surface area contributed by atoms with E-state index in [1.807, 2.05) is 7.05 Å². The van der Waals surface area contributed by atoms with Gasteiger partial charge in [0.2, 0.25) is 0 Å². The molecule has 0 heterocycles. The van der Waals surface area contributed by atoms with Crippen LogP contribution in [-0.2, 0) is 16.1 Å². The largest absolute Gasteiger partial charge is 0.496 e. The molecule has 2 amide bonds. The lowest BCUT2D eigenvalue weighted by molar-refractivity contribution is -0.862. The topological polar surface area (TPSA) is 90.3 Å². The van der Waals surface area contributed by atoms with E-state index in [0.717, 1.165) is 23.3 Å². The third-order valence-electron chi connectivity index (χ3n) is 4.13. The first kappa shape index (κ1) is 19.8. The number of amides is 2. The van der Waals surface area contributed by atoms with E-state index in [0.29, 0.717) is 29.8 Å². The van der Waals surface area contributed by atoms with Gasteiger partial charge >= 0.3 is 0 Å². The van der Waals surface area contributed by atoms with Gasteiger partial charge in [-0.2, -0.15) is 0 Å². The van der Waals surface area contributed by atoms with Gasteiger partial charge in [-0.05, 0) is 18.9 Å². The second kappa shape index (κ2) is 9.28. The molecule has 1 atom stereocenters. The van der Waals surface area contributed by atoms with Gasteiger partial charge in [-0.25, -0.2) is 0 Å². The van der Waals surface area contributed by atoms with E-state index in [2.05, 4.69) is 10.6 Å². The van der Waals surface area contributed by atoms with Crippen molar-refractivity contribution in [1.29, 1.82) is 0 Å². The Morgan fingerprint density at radius 3 is 2.15 bits per heavy atom. The highest BCUT2D eigenvalue weighted by atomic mass is 16.5. The molecule has 1 aromatic rings. The predicted molar refractivity (Wildman–Crippen MR) is 95.7 cm³/mol. The minimum atomic E-state index is -0.140. The fraction of sp³-hybridized carbons (Fsp3) is 0.556. The van der Waals surface area contributed by atoms with E-state index < -0.39 is 0 Å². The van der Waals surface area contributed by atoms with Crippen LogP contribution >= 0.6 is 0 Å². The molecule has 1 aromatic carbocycles. The number of carbonyl (C=O) groups is 2. The Hall–Kier alpha value is -2.48. The van der Waals surface area contributed by atoms with Crippen LogP contribution < -0.4 is 29.7 Å². The van der Waals surface area contributed by atoms with Crippen molar-refractivity contribution in [2.24, 2.45) is 0 Å². The molecule has 0 spiro atoms. The van der Waals surface area contributed by atoms with Crippen molar-refractivity contribution in [2.75, 3.05) is 41.5 Å². The highest BCUT2D eigenvalue weighted by Crippen LogP contribution is 2.34. The van der Waals surface area contributed by atoms with Gasteiger partial charge in [0.25, 0.3) is 11.8 Å². The number of methoxy groups -OCH3 is 3. The highest BCUT2D eigenvalue weighted by Gasteiger charge is 2.25. The Morgan fingerprint density at radius 2 is 1.58 bits per heavy atom. The summed E-state index contributed by atoms with van der Waals surface area (Å²) in [5.74, 6) is 1.58. The van der Waals surface area contributed by atoms with Crippen LogP contribution in [0.2, 0.25) is 0 Å². The average Bonchev–Trinajstić information content (AvgIpc) is 3.42. The normalized spacial score (nSPS) is 14.3. The SMILES string of the molecule is COc1cc(OC)c(OC)cc1CNC(=O)C[NH+](C)CC(=O)NC1CC1. The standard InChI is InChI=1S/C18H27N3O5/c1-21(11-18(23)20-13-5-6-13)10-17(22)19-9-12-7-15(25-3)16(26-4)8-14(12)24-2/h7-8,13H,5-6,9-11H2,1-4H3,(H,19,22)(H,20,23)/p+1. The monoisotopic (exact) mass is 366 g/mol. The van der Waals surface area contributed by atoms with E-state index in [-0.39, 0.29) is 24.9 Å². The first-order valence-electron chi connectivity index (χ1n) is 8.63. The average molecular weight is 366 g/mol. The molecule has 1 fully saturated rings. The Kier molecular flexibility index (Phi) is 7.08. The molecule has 0 saturated heterocycles. The van der Waals surface area contributed by atoms with Crippen molar-refractivity contribution < 1.29 is 28.7 Å². The van der Waals surface area contributed by atoms with Gasteiger partial charge in [-0.3, -0.25) is 9.59 Å². The number of nitrogens with one attached hydrogen (secondary N) is 3. The second-order valence-electron chi connectivity index (χ2n) is 6.45. The molecule has 3 N–H and O–H groups in total. The molecule has 0 aliphatic heterocycles. The molecule has 2 rings (SSSR count). The first-order valence-corrected chi connectivity index (χ1v) is 8.63. The van der Waals surface area contributed by atoms with E-state index in [1.165, 1.54) is 0 Å². The molecule has 1 saturated carbocycles. The van der Waals surface area contributed by atoms with Crippen LogP contribution in [0.25, 0.3) is 0 Å². The summed E-state index contributed by atoms with van der Waals surface area (Å²) in [4.78, 5) is 24.8. The van der Waals surface area contributed by atoms with Crippen LogP contribution in [-0.4, -0.2) is 59.3 Å². The maximum atomic E-state index is 12.2. The van der Waals surface area contributed by atoms with Gasteiger partial charge in [0.05, 0.1) is 28.4 Å². The molecule has 144 valence electrons. The zero-order chi connectivity index (χ0) is 19.1. The molecule has 1 unspecified atom stereocenters. The first-order chi connectivity index (χ1) is 12.5. The van der Waals surface area contributed by atoms with Gasteiger partial charge in [0.1, 0.15) is 5.75 Å². The molecule has 0 aromatic heterocycles. The van der Waals surface area contributed by atoms with Crippen molar-refractivity contribution in [1.82, 2.24) is 10.6 Å². The third-order valence-corrected chi connectivity index (χ3v) is 4.13. The number of ether oxygens (including phenoxy) is 3. The summed E-state index contributed by atoms with van der Waals surface area (Å²) in [6.07, 6.45) is 2.11. The summed E-state index contributed by atoms with van der Waals surface area (Å²) < 4.78 is 15.9. The van der Waals surface area contributed by atoms with E-state index >= 15 is 0 Å². The molecular formula is C18H28N3O5+. The quantitative estimate of drug-likeness (QED) is 0.500. The summed E-state index contributed by atoms with van der Waals surface area (Å²) in [6, 6.07) is 3.83. The third kappa shape index (κ3) is 5.80. The lowest BCUT2D eigenvalue weighted by Gasteiger charge is -2.16. The predicted octanol–water partition coefficient (Wildman–Crippen LogP) is -0.878. The van der Waals surface area contributed by atoms with Gasteiger partial charge < -0.3 is 29.7 Å². The van der Waals surface area contributed by atoms with Gasteiger partial charge in [-0.1, -0.05) is 0 Å². The Bertz CT molecular complexity index is 646. The lowest BCUT2D eigenvalue weighted by atomic mass is 10.1. The molecular weight excluding hydrogens is 338 g/mol. The van der Waals surface area contributed by atoms with Crippen LogP contribution in [0.15, 0.2) is 12.1 Å². The second-order valence-corrected chi connectivity index (χ2v) is 6.45. The van der Waals surface area contributed by atoms with Crippen LogP contribution in [0, 0.1) is 0 Å². The summed E-state index contributed by atoms with van der Waals surface area (Å²) >= 11 is 0. The number of benzene rings is 1. The minimum absolute atomic E-state index is 0.0145. The Labute approximate surface area is 153 Å². The minimum Gasteiger partial charge on any atom is -0.496 e. The number of hydrogen-bond donors (Lipinski definition) is 3. The zero-order valence-corrected chi connectivity index (χ0v) is 15.8. The number of quaternary nitrogens is 1. The maximum Gasteiger partial charge on any atom is 0.275 e. The van der Waals surface area contributed by atoms with Gasteiger partial charge in [0.15, 0.2) is 24.6 Å². The van der Waals surface area contributed by atoms with Crippen LogP contribution in [0.5, 0.6) is 17.2 Å². The van der Waals surface area contributed by atoms with Crippen molar-refractivity contribution in [3.05, 3.63) is 17.7 Å². The molecule has 26 heavy (non-hydrogen) atoms. The van der Waals surface area contributed by atoms with E-state index in [4.69, 9.17) is 14.2 Å². The number of likely N-dealkylation sites (N-methyl/N-ethyl adjacent to an activating group) is 1. The molecule has 8 nitrogen and oxygen atoms in total. The molecule has 1 aliphatic rings.